The molecule has 0 heterocycles. The molecule has 5 heteroatoms. The van der Waals surface area contributed by atoms with Crippen molar-refractivity contribution in [1.82, 2.24) is 5.43 Å². The van der Waals surface area contributed by atoms with Gasteiger partial charge >= 0.3 is 0 Å². The second-order valence-electron chi connectivity index (χ2n) is 5.15. The molecule has 0 aromatic heterocycles. The number of benzene rings is 1. The van der Waals surface area contributed by atoms with Crippen molar-refractivity contribution in [3.63, 3.8) is 0 Å². The minimum absolute atomic E-state index is 0.166. The number of hydrogen-bond acceptors (Lipinski definition) is 5. The first-order valence-corrected chi connectivity index (χ1v) is 6.94. The van der Waals surface area contributed by atoms with E-state index in [1.54, 1.807) is 21.3 Å². The Morgan fingerprint density at radius 1 is 1.10 bits per heavy atom. The zero-order valence-corrected chi connectivity index (χ0v) is 12.4. The maximum absolute atomic E-state index is 5.85. The van der Waals surface area contributed by atoms with Gasteiger partial charge in [-0.1, -0.05) is 18.9 Å². The van der Waals surface area contributed by atoms with Crippen LogP contribution in [0.2, 0.25) is 0 Å². The lowest BCUT2D eigenvalue weighted by atomic mass is 9.86. The van der Waals surface area contributed by atoms with Crippen molar-refractivity contribution in [1.29, 1.82) is 0 Å². The Balaban J connectivity index is 2.50. The standard InChI is InChI=1S/C15H24N2O3/c1-18-11-7-6-8-12(19-2)13(11)14(17-16)15(20-3)9-4-5-10-15/h6-8,14,17H,4-5,9-10,16H2,1-3H3. The van der Waals surface area contributed by atoms with Crippen LogP contribution in [0.3, 0.4) is 0 Å². The summed E-state index contributed by atoms with van der Waals surface area (Å²) in [4.78, 5) is 0. The molecule has 5 nitrogen and oxygen atoms in total. The quantitative estimate of drug-likeness (QED) is 0.617. The summed E-state index contributed by atoms with van der Waals surface area (Å²) in [5.41, 5.74) is 3.53. The van der Waals surface area contributed by atoms with Crippen molar-refractivity contribution < 1.29 is 14.2 Å². The Kier molecular flexibility index (Phi) is 4.86. The van der Waals surface area contributed by atoms with Gasteiger partial charge in [-0.25, -0.2) is 5.43 Å². The highest BCUT2D eigenvalue weighted by Crippen LogP contribution is 2.47. The van der Waals surface area contributed by atoms with E-state index in [0.29, 0.717) is 0 Å². The van der Waals surface area contributed by atoms with E-state index in [0.717, 1.165) is 42.7 Å². The molecular formula is C15H24N2O3. The molecule has 1 aliphatic rings. The van der Waals surface area contributed by atoms with Crippen molar-refractivity contribution in [2.24, 2.45) is 5.84 Å². The molecule has 0 aliphatic heterocycles. The van der Waals surface area contributed by atoms with Crippen molar-refractivity contribution in [2.75, 3.05) is 21.3 Å². The minimum atomic E-state index is -0.309. The second kappa shape index (κ2) is 6.43. The SMILES string of the molecule is COc1cccc(OC)c1C(NN)C1(OC)CCCC1. The fourth-order valence-corrected chi connectivity index (χ4v) is 3.25. The van der Waals surface area contributed by atoms with Crippen molar-refractivity contribution >= 4 is 0 Å². The van der Waals surface area contributed by atoms with Gasteiger partial charge in [0.05, 0.1) is 31.4 Å². The van der Waals surface area contributed by atoms with E-state index in [2.05, 4.69) is 5.43 Å². The molecule has 0 bridgehead atoms. The molecular weight excluding hydrogens is 256 g/mol. The van der Waals surface area contributed by atoms with E-state index >= 15 is 0 Å². The number of hydrogen-bond donors (Lipinski definition) is 2. The van der Waals surface area contributed by atoms with E-state index < -0.39 is 0 Å². The van der Waals surface area contributed by atoms with E-state index in [1.165, 1.54) is 0 Å². The molecule has 1 aromatic rings. The lowest BCUT2D eigenvalue weighted by Crippen LogP contribution is -2.46. The van der Waals surface area contributed by atoms with Gasteiger partial charge in [0, 0.05) is 7.11 Å². The lowest BCUT2D eigenvalue weighted by molar-refractivity contribution is -0.0379. The molecule has 0 radical (unpaired) electrons. The van der Waals surface area contributed by atoms with E-state index in [9.17, 15) is 0 Å². The van der Waals surface area contributed by atoms with Crippen molar-refractivity contribution in [2.45, 2.75) is 37.3 Å². The van der Waals surface area contributed by atoms with Crippen molar-refractivity contribution in [3.8, 4) is 11.5 Å². The fraction of sp³-hybridized carbons (Fsp3) is 0.600. The van der Waals surface area contributed by atoms with Gasteiger partial charge in [-0.3, -0.25) is 5.84 Å². The molecule has 2 rings (SSSR count). The summed E-state index contributed by atoms with van der Waals surface area (Å²) in [6.45, 7) is 0. The first kappa shape index (κ1) is 15.1. The highest BCUT2D eigenvalue weighted by molar-refractivity contribution is 5.48. The Hall–Kier alpha value is -1.30. The van der Waals surface area contributed by atoms with Crippen LogP contribution in [0.15, 0.2) is 18.2 Å². The molecule has 1 aliphatic carbocycles. The monoisotopic (exact) mass is 280 g/mol. The first-order chi connectivity index (χ1) is 9.72. The maximum Gasteiger partial charge on any atom is 0.127 e. The van der Waals surface area contributed by atoms with E-state index in [4.69, 9.17) is 20.1 Å². The van der Waals surface area contributed by atoms with Gasteiger partial charge in [0.1, 0.15) is 11.5 Å². The number of ether oxygens (including phenoxy) is 3. The number of nitrogens with two attached hydrogens (primary N) is 1. The first-order valence-electron chi connectivity index (χ1n) is 6.94. The van der Waals surface area contributed by atoms with Gasteiger partial charge in [0.25, 0.3) is 0 Å². The summed E-state index contributed by atoms with van der Waals surface area (Å²) in [6.07, 6.45) is 4.23. The van der Waals surface area contributed by atoms with Crippen LogP contribution >= 0.6 is 0 Å². The molecule has 0 amide bonds. The van der Waals surface area contributed by atoms with E-state index in [1.807, 2.05) is 18.2 Å². The summed E-state index contributed by atoms with van der Waals surface area (Å²) < 4.78 is 16.8. The maximum atomic E-state index is 5.85. The number of methoxy groups -OCH3 is 3. The molecule has 1 atom stereocenters. The predicted molar refractivity (Wildman–Crippen MR) is 77.8 cm³/mol. The van der Waals surface area contributed by atoms with Crippen molar-refractivity contribution in [3.05, 3.63) is 23.8 Å². The van der Waals surface area contributed by atoms with E-state index in [-0.39, 0.29) is 11.6 Å². The van der Waals surface area contributed by atoms with Crippen LogP contribution in [0.5, 0.6) is 11.5 Å². The topological polar surface area (TPSA) is 65.7 Å². The van der Waals surface area contributed by atoms with Gasteiger partial charge in [-0.05, 0) is 25.0 Å². The highest BCUT2D eigenvalue weighted by Gasteiger charge is 2.44. The minimum Gasteiger partial charge on any atom is -0.496 e. The Bertz CT molecular complexity index is 422. The predicted octanol–water partition coefficient (Wildman–Crippen LogP) is 2.17. The summed E-state index contributed by atoms with van der Waals surface area (Å²) in [7, 11) is 5.05. The van der Waals surface area contributed by atoms with Gasteiger partial charge in [-0.2, -0.15) is 0 Å². The van der Waals surface area contributed by atoms with Gasteiger partial charge < -0.3 is 14.2 Å². The van der Waals surface area contributed by atoms with Crippen LogP contribution in [0, 0.1) is 0 Å². The van der Waals surface area contributed by atoms with Crippen LogP contribution in [-0.2, 0) is 4.74 Å². The number of hydrazine groups is 1. The summed E-state index contributed by atoms with van der Waals surface area (Å²) >= 11 is 0. The Morgan fingerprint density at radius 2 is 1.65 bits per heavy atom. The Labute approximate surface area is 120 Å². The molecule has 112 valence electrons. The third-order valence-electron chi connectivity index (χ3n) is 4.30. The van der Waals surface area contributed by atoms with Crippen LogP contribution in [-0.4, -0.2) is 26.9 Å². The van der Waals surface area contributed by atoms with Gasteiger partial charge in [0.15, 0.2) is 0 Å². The molecule has 20 heavy (non-hydrogen) atoms. The summed E-state index contributed by atoms with van der Waals surface area (Å²) in [6, 6.07) is 5.57. The van der Waals surface area contributed by atoms with Crippen LogP contribution < -0.4 is 20.7 Å². The largest absolute Gasteiger partial charge is 0.496 e. The molecule has 3 N–H and O–H groups in total. The molecule has 1 saturated carbocycles. The van der Waals surface area contributed by atoms with Crippen LogP contribution in [0.25, 0.3) is 0 Å². The Morgan fingerprint density at radius 3 is 2.05 bits per heavy atom. The fourth-order valence-electron chi connectivity index (χ4n) is 3.25. The molecule has 1 unspecified atom stereocenters. The van der Waals surface area contributed by atoms with Gasteiger partial charge in [-0.15, -0.1) is 0 Å². The summed E-state index contributed by atoms with van der Waals surface area (Å²) in [5.74, 6) is 7.37. The second-order valence-corrected chi connectivity index (χ2v) is 5.15. The third-order valence-corrected chi connectivity index (χ3v) is 4.30. The average molecular weight is 280 g/mol. The third kappa shape index (κ3) is 2.49. The van der Waals surface area contributed by atoms with Gasteiger partial charge in [0.2, 0.25) is 0 Å². The lowest BCUT2D eigenvalue weighted by Gasteiger charge is -2.37. The normalized spacial score (nSPS) is 18.8. The molecule has 1 aromatic carbocycles. The van der Waals surface area contributed by atoms with Crippen LogP contribution in [0.4, 0.5) is 0 Å². The van der Waals surface area contributed by atoms with Crippen LogP contribution in [0.1, 0.15) is 37.3 Å². The molecule has 0 saturated heterocycles. The summed E-state index contributed by atoms with van der Waals surface area (Å²) in [5, 5.41) is 0. The number of rotatable bonds is 6. The zero-order chi connectivity index (χ0) is 14.6. The molecule has 1 fully saturated rings. The average Bonchev–Trinajstić information content (AvgIpc) is 2.98. The molecule has 0 spiro atoms. The number of nitrogens with one attached hydrogen (secondary N) is 1. The highest BCUT2D eigenvalue weighted by atomic mass is 16.5. The zero-order valence-electron chi connectivity index (χ0n) is 12.4. The smallest absolute Gasteiger partial charge is 0.127 e.